The summed E-state index contributed by atoms with van der Waals surface area (Å²) in [6.45, 7) is 2.60. The molecule has 0 spiro atoms. The van der Waals surface area contributed by atoms with Crippen molar-refractivity contribution in [2.75, 3.05) is 13.2 Å². The zero-order valence-corrected chi connectivity index (χ0v) is 11.3. The highest BCUT2D eigenvalue weighted by atomic mass is 16.5. The van der Waals surface area contributed by atoms with Gasteiger partial charge in [0.15, 0.2) is 0 Å². The number of hydrogen-bond acceptors (Lipinski definition) is 5. The molecule has 0 radical (unpaired) electrons. The number of carbonyl (C=O) groups is 1. The Bertz CT molecular complexity index is 541. The van der Waals surface area contributed by atoms with Gasteiger partial charge in [-0.1, -0.05) is 6.07 Å². The van der Waals surface area contributed by atoms with E-state index >= 15 is 0 Å². The predicted octanol–water partition coefficient (Wildman–Crippen LogP) is 2.27. The molecule has 2 aromatic rings. The summed E-state index contributed by atoms with van der Waals surface area (Å²) in [7, 11) is 0. The Hall–Kier alpha value is -2.43. The number of rotatable bonds is 6. The van der Waals surface area contributed by atoms with Crippen LogP contribution in [-0.4, -0.2) is 29.2 Å². The van der Waals surface area contributed by atoms with Crippen molar-refractivity contribution in [1.82, 2.24) is 9.97 Å². The summed E-state index contributed by atoms with van der Waals surface area (Å²) in [6.07, 6.45) is 3.91. The molecule has 2 heterocycles. The van der Waals surface area contributed by atoms with Gasteiger partial charge in [0.2, 0.25) is 5.88 Å². The Labute approximate surface area is 117 Å². The van der Waals surface area contributed by atoms with E-state index in [-0.39, 0.29) is 5.97 Å². The second-order valence-electron chi connectivity index (χ2n) is 4.03. The van der Waals surface area contributed by atoms with Crippen molar-refractivity contribution in [3.63, 3.8) is 0 Å². The van der Waals surface area contributed by atoms with Crippen molar-refractivity contribution < 1.29 is 14.3 Å². The molecule has 104 valence electrons. The van der Waals surface area contributed by atoms with Gasteiger partial charge < -0.3 is 9.47 Å². The Kier molecular flexibility index (Phi) is 5.06. The average Bonchev–Trinajstić information content (AvgIpc) is 2.49. The van der Waals surface area contributed by atoms with Gasteiger partial charge in [-0.05, 0) is 25.1 Å². The molecule has 0 unspecified atom stereocenters. The molecule has 20 heavy (non-hydrogen) atoms. The molecule has 0 amide bonds. The van der Waals surface area contributed by atoms with Crippen LogP contribution in [0.15, 0.2) is 42.7 Å². The molecule has 2 aromatic heterocycles. The van der Waals surface area contributed by atoms with E-state index in [1.54, 1.807) is 25.3 Å². The van der Waals surface area contributed by atoms with Crippen LogP contribution in [0, 0.1) is 0 Å². The minimum atomic E-state index is -0.375. The van der Waals surface area contributed by atoms with Gasteiger partial charge in [-0.15, -0.1) is 0 Å². The molecule has 2 rings (SSSR count). The summed E-state index contributed by atoms with van der Waals surface area (Å²) in [4.78, 5) is 19.7. The minimum Gasteiger partial charge on any atom is -0.477 e. The quantitative estimate of drug-likeness (QED) is 0.755. The standard InChI is InChI=1S/C15H16N2O3/c1-2-19-15(18)12-6-7-14(17-11-12)20-10-8-13-5-3-4-9-16-13/h3-7,9,11H,2,8,10H2,1H3. The third-order valence-electron chi connectivity index (χ3n) is 2.58. The number of nitrogens with zero attached hydrogens (tertiary/aromatic N) is 2. The zero-order valence-electron chi connectivity index (χ0n) is 11.3. The Morgan fingerprint density at radius 1 is 1.20 bits per heavy atom. The molecule has 0 aliphatic rings. The van der Waals surface area contributed by atoms with E-state index in [0.717, 1.165) is 5.69 Å². The van der Waals surface area contributed by atoms with Gasteiger partial charge in [-0.25, -0.2) is 9.78 Å². The molecular formula is C15H16N2O3. The molecule has 0 fully saturated rings. The van der Waals surface area contributed by atoms with Gasteiger partial charge in [-0.3, -0.25) is 4.98 Å². The highest BCUT2D eigenvalue weighted by Gasteiger charge is 2.06. The van der Waals surface area contributed by atoms with E-state index in [4.69, 9.17) is 9.47 Å². The summed E-state index contributed by atoms with van der Waals surface area (Å²) in [5.41, 5.74) is 1.39. The van der Waals surface area contributed by atoms with Crippen LogP contribution < -0.4 is 4.74 Å². The summed E-state index contributed by atoms with van der Waals surface area (Å²) in [5, 5.41) is 0. The van der Waals surface area contributed by atoms with E-state index in [9.17, 15) is 4.79 Å². The van der Waals surface area contributed by atoms with Crippen LogP contribution in [0.5, 0.6) is 5.88 Å². The summed E-state index contributed by atoms with van der Waals surface area (Å²) >= 11 is 0. The first-order chi connectivity index (χ1) is 9.79. The van der Waals surface area contributed by atoms with Crippen molar-refractivity contribution in [1.29, 1.82) is 0 Å². The molecule has 0 aliphatic heterocycles. The normalized spacial score (nSPS) is 10.1. The molecule has 0 aliphatic carbocycles. The SMILES string of the molecule is CCOC(=O)c1ccc(OCCc2ccccn2)nc1. The maximum Gasteiger partial charge on any atom is 0.339 e. The van der Waals surface area contributed by atoms with Crippen LogP contribution >= 0.6 is 0 Å². The average molecular weight is 272 g/mol. The number of carbonyl (C=O) groups excluding carboxylic acids is 1. The van der Waals surface area contributed by atoms with Crippen LogP contribution in [0.3, 0.4) is 0 Å². The van der Waals surface area contributed by atoms with Crippen molar-refractivity contribution in [3.05, 3.63) is 54.0 Å². The molecule has 0 aromatic carbocycles. The highest BCUT2D eigenvalue weighted by Crippen LogP contribution is 2.09. The molecule has 0 saturated carbocycles. The Morgan fingerprint density at radius 2 is 2.10 bits per heavy atom. The van der Waals surface area contributed by atoms with Gasteiger partial charge in [-0.2, -0.15) is 0 Å². The first kappa shape index (κ1) is 14.0. The van der Waals surface area contributed by atoms with Crippen molar-refractivity contribution in [2.45, 2.75) is 13.3 Å². The maximum atomic E-state index is 11.4. The zero-order chi connectivity index (χ0) is 14.2. The summed E-state index contributed by atoms with van der Waals surface area (Å²) in [5.74, 6) is 0.106. The molecule has 5 heteroatoms. The first-order valence-corrected chi connectivity index (χ1v) is 6.45. The molecule has 0 saturated heterocycles. The van der Waals surface area contributed by atoms with E-state index in [1.807, 2.05) is 18.2 Å². The predicted molar refractivity (Wildman–Crippen MR) is 73.6 cm³/mol. The molecule has 5 nitrogen and oxygen atoms in total. The van der Waals surface area contributed by atoms with Crippen LogP contribution in [0.25, 0.3) is 0 Å². The van der Waals surface area contributed by atoms with Crippen LogP contribution in [0.2, 0.25) is 0 Å². The van der Waals surface area contributed by atoms with E-state index in [2.05, 4.69) is 9.97 Å². The second-order valence-corrected chi connectivity index (χ2v) is 4.03. The van der Waals surface area contributed by atoms with Crippen LogP contribution in [0.4, 0.5) is 0 Å². The monoisotopic (exact) mass is 272 g/mol. The molecule has 0 bridgehead atoms. The van der Waals surface area contributed by atoms with E-state index in [0.29, 0.717) is 31.1 Å². The van der Waals surface area contributed by atoms with Gasteiger partial charge in [0.25, 0.3) is 0 Å². The summed E-state index contributed by atoms with van der Waals surface area (Å²) in [6, 6.07) is 9.06. The fourth-order valence-electron chi connectivity index (χ4n) is 1.61. The highest BCUT2D eigenvalue weighted by molar-refractivity contribution is 5.89. The molecule has 0 atom stereocenters. The fraction of sp³-hybridized carbons (Fsp3) is 0.267. The lowest BCUT2D eigenvalue weighted by Crippen LogP contribution is -2.07. The number of aromatic nitrogens is 2. The Morgan fingerprint density at radius 3 is 2.75 bits per heavy atom. The lowest BCUT2D eigenvalue weighted by Gasteiger charge is -2.06. The number of ether oxygens (including phenoxy) is 2. The Balaban J connectivity index is 1.83. The minimum absolute atomic E-state index is 0.348. The summed E-state index contributed by atoms with van der Waals surface area (Å²) < 4.78 is 10.4. The van der Waals surface area contributed by atoms with Crippen LogP contribution in [-0.2, 0) is 11.2 Å². The lowest BCUT2D eigenvalue weighted by molar-refractivity contribution is 0.0526. The number of pyridine rings is 2. The van der Waals surface area contributed by atoms with Crippen molar-refractivity contribution in [3.8, 4) is 5.88 Å². The van der Waals surface area contributed by atoms with Crippen molar-refractivity contribution in [2.24, 2.45) is 0 Å². The topological polar surface area (TPSA) is 61.3 Å². The van der Waals surface area contributed by atoms with Gasteiger partial charge in [0.05, 0.1) is 18.8 Å². The fourth-order valence-corrected chi connectivity index (χ4v) is 1.61. The second kappa shape index (κ2) is 7.23. The molecule has 0 N–H and O–H groups in total. The largest absolute Gasteiger partial charge is 0.477 e. The van der Waals surface area contributed by atoms with Gasteiger partial charge in [0, 0.05) is 30.6 Å². The third kappa shape index (κ3) is 4.05. The third-order valence-corrected chi connectivity index (χ3v) is 2.58. The molecular weight excluding hydrogens is 256 g/mol. The maximum absolute atomic E-state index is 11.4. The van der Waals surface area contributed by atoms with Gasteiger partial charge >= 0.3 is 5.97 Å². The number of esters is 1. The van der Waals surface area contributed by atoms with Gasteiger partial charge in [0.1, 0.15) is 0 Å². The van der Waals surface area contributed by atoms with E-state index in [1.165, 1.54) is 6.20 Å². The smallest absolute Gasteiger partial charge is 0.339 e. The number of hydrogen-bond donors (Lipinski definition) is 0. The first-order valence-electron chi connectivity index (χ1n) is 6.45. The lowest BCUT2D eigenvalue weighted by atomic mass is 10.3. The van der Waals surface area contributed by atoms with Crippen LogP contribution in [0.1, 0.15) is 23.0 Å². The van der Waals surface area contributed by atoms with E-state index < -0.39 is 0 Å². The van der Waals surface area contributed by atoms with Crippen molar-refractivity contribution >= 4 is 5.97 Å².